The molecule has 150 valence electrons. The highest BCUT2D eigenvalue weighted by Gasteiger charge is 2.16. The zero-order chi connectivity index (χ0) is 20.6. The molecule has 0 radical (unpaired) electrons. The quantitative estimate of drug-likeness (QED) is 0.695. The van der Waals surface area contributed by atoms with Gasteiger partial charge in [0.15, 0.2) is 6.61 Å². The predicted octanol–water partition coefficient (Wildman–Crippen LogP) is 3.56. The normalized spacial score (nSPS) is 15.4. The van der Waals surface area contributed by atoms with Gasteiger partial charge in [0, 0.05) is 12.3 Å². The van der Waals surface area contributed by atoms with Gasteiger partial charge in [-0.25, -0.2) is 4.79 Å². The number of rotatable bonds is 7. The number of anilines is 1. The van der Waals surface area contributed by atoms with Gasteiger partial charge in [0.1, 0.15) is 18.4 Å². The maximum atomic E-state index is 12.1. The van der Waals surface area contributed by atoms with E-state index in [4.69, 9.17) is 31.1 Å². The first kappa shape index (κ1) is 20.6. The molecule has 7 nitrogen and oxygen atoms in total. The van der Waals surface area contributed by atoms with Crippen LogP contribution in [0.3, 0.4) is 0 Å². The third kappa shape index (κ3) is 5.95. The molecule has 29 heavy (non-hydrogen) atoms. The monoisotopic (exact) mass is 414 g/mol. The average molecular weight is 415 g/mol. The third-order valence-corrected chi connectivity index (χ3v) is 4.57. The van der Waals surface area contributed by atoms with E-state index in [1.165, 1.54) is 12.1 Å². The number of halogens is 1. The van der Waals surface area contributed by atoms with Gasteiger partial charge < -0.3 is 19.5 Å². The smallest absolute Gasteiger partial charge is 0.338 e. The lowest BCUT2D eigenvalue weighted by Gasteiger charge is -2.11. The Labute approximate surface area is 173 Å². The zero-order valence-corrected chi connectivity index (χ0v) is 16.3. The highest BCUT2D eigenvalue weighted by atomic mass is 35.5. The van der Waals surface area contributed by atoms with E-state index in [1.807, 2.05) is 6.07 Å². The molecule has 2 aromatic rings. The molecular weight excluding hydrogens is 396 g/mol. The molecule has 8 heteroatoms. The maximum absolute atomic E-state index is 12.1. The average Bonchev–Trinajstić information content (AvgIpc) is 3.25. The molecule has 0 aromatic heterocycles. The summed E-state index contributed by atoms with van der Waals surface area (Å²) >= 11 is 5.92. The molecule has 0 spiro atoms. The first-order valence-electron chi connectivity index (χ1n) is 9.06. The fraction of sp³-hybridized carbons (Fsp3) is 0.286. The number of benzene rings is 2. The molecular formula is C21H19ClN2O5. The van der Waals surface area contributed by atoms with E-state index in [1.54, 1.807) is 30.3 Å². The second kappa shape index (κ2) is 9.92. The van der Waals surface area contributed by atoms with Crippen molar-refractivity contribution in [3.05, 3.63) is 58.6 Å². The largest absolute Gasteiger partial charge is 0.491 e. The minimum Gasteiger partial charge on any atom is -0.491 e. The Hall–Kier alpha value is -3.08. The Bertz CT molecular complexity index is 918. The molecule has 1 heterocycles. The number of hydrogen-bond donors (Lipinski definition) is 1. The van der Waals surface area contributed by atoms with Crippen molar-refractivity contribution < 1.29 is 23.8 Å². The van der Waals surface area contributed by atoms with Gasteiger partial charge >= 0.3 is 5.97 Å². The van der Waals surface area contributed by atoms with Crippen LogP contribution < -0.4 is 10.1 Å². The molecule has 1 saturated heterocycles. The summed E-state index contributed by atoms with van der Waals surface area (Å²) in [4.78, 5) is 24.0. The van der Waals surface area contributed by atoms with Crippen LogP contribution in [0, 0.1) is 11.3 Å². The summed E-state index contributed by atoms with van der Waals surface area (Å²) in [6, 6.07) is 12.9. The molecule has 0 aliphatic carbocycles. The van der Waals surface area contributed by atoms with Crippen LogP contribution in [-0.2, 0) is 14.3 Å². The summed E-state index contributed by atoms with van der Waals surface area (Å²) in [5, 5.41) is 11.6. The van der Waals surface area contributed by atoms with Gasteiger partial charge in [-0.2, -0.15) is 5.26 Å². The summed E-state index contributed by atoms with van der Waals surface area (Å²) in [5.41, 5.74) is 1.02. The highest BCUT2D eigenvalue weighted by Crippen LogP contribution is 2.20. The second-order valence-corrected chi connectivity index (χ2v) is 6.81. The van der Waals surface area contributed by atoms with Gasteiger partial charge in [-0.1, -0.05) is 11.6 Å². The summed E-state index contributed by atoms with van der Waals surface area (Å²) < 4.78 is 16.2. The number of esters is 1. The molecule has 1 atom stereocenters. The van der Waals surface area contributed by atoms with Crippen molar-refractivity contribution >= 4 is 29.2 Å². The molecule has 1 aliphatic rings. The van der Waals surface area contributed by atoms with Gasteiger partial charge in [-0.05, 0) is 55.3 Å². The topological polar surface area (TPSA) is 97.7 Å². The van der Waals surface area contributed by atoms with E-state index in [2.05, 4.69) is 5.32 Å². The predicted molar refractivity (Wildman–Crippen MR) is 106 cm³/mol. The molecule has 0 bridgehead atoms. The Balaban J connectivity index is 1.45. The van der Waals surface area contributed by atoms with E-state index >= 15 is 0 Å². The standard InChI is InChI=1S/C21H19ClN2O5/c22-19-10-16(6-3-15(19)11-23)24-20(25)13-29-21(26)14-4-7-17(8-5-14)28-12-18-2-1-9-27-18/h3-8,10,18H,1-2,9,12-13H2,(H,24,25). The van der Waals surface area contributed by atoms with Crippen LogP contribution in [0.1, 0.15) is 28.8 Å². The Morgan fingerprint density at radius 2 is 2.03 bits per heavy atom. The fourth-order valence-corrected chi connectivity index (χ4v) is 2.97. The molecule has 3 rings (SSSR count). The fourth-order valence-electron chi connectivity index (χ4n) is 2.75. The van der Waals surface area contributed by atoms with Crippen LogP contribution >= 0.6 is 11.6 Å². The summed E-state index contributed by atoms with van der Waals surface area (Å²) in [6.45, 7) is 0.793. The van der Waals surface area contributed by atoms with Crippen LogP contribution in [0.5, 0.6) is 5.75 Å². The van der Waals surface area contributed by atoms with Crippen molar-refractivity contribution in [3.63, 3.8) is 0 Å². The molecule has 1 fully saturated rings. The van der Waals surface area contributed by atoms with Crippen molar-refractivity contribution in [2.75, 3.05) is 25.1 Å². The highest BCUT2D eigenvalue weighted by molar-refractivity contribution is 6.32. The van der Waals surface area contributed by atoms with Crippen molar-refractivity contribution in [2.24, 2.45) is 0 Å². The summed E-state index contributed by atoms with van der Waals surface area (Å²) in [6.07, 6.45) is 2.15. The van der Waals surface area contributed by atoms with E-state index in [-0.39, 0.29) is 11.1 Å². The molecule has 1 N–H and O–H groups in total. The lowest BCUT2D eigenvalue weighted by Crippen LogP contribution is -2.21. The van der Waals surface area contributed by atoms with E-state index in [0.717, 1.165) is 19.4 Å². The lowest BCUT2D eigenvalue weighted by atomic mass is 10.2. The Morgan fingerprint density at radius 1 is 1.24 bits per heavy atom. The minimum atomic E-state index is -0.622. The lowest BCUT2D eigenvalue weighted by molar-refractivity contribution is -0.119. The van der Waals surface area contributed by atoms with Gasteiger partial charge in [0.2, 0.25) is 0 Å². The maximum Gasteiger partial charge on any atom is 0.338 e. The number of carbonyl (C=O) groups excluding carboxylic acids is 2. The summed E-state index contributed by atoms with van der Waals surface area (Å²) in [5.74, 6) is -0.508. The van der Waals surface area contributed by atoms with Crippen molar-refractivity contribution in [1.29, 1.82) is 5.26 Å². The minimum absolute atomic E-state index is 0.115. The molecule has 1 amide bonds. The van der Waals surface area contributed by atoms with E-state index in [9.17, 15) is 9.59 Å². The van der Waals surface area contributed by atoms with Crippen LogP contribution in [0.15, 0.2) is 42.5 Å². The van der Waals surface area contributed by atoms with Gasteiger partial charge in [0.05, 0.1) is 22.3 Å². The molecule has 1 aliphatic heterocycles. The first-order valence-corrected chi connectivity index (χ1v) is 9.44. The second-order valence-electron chi connectivity index (χ2n) is 6.40. The molecule has 2 aromatic carbocycles. The van der Waals surface area contributed by atoms with Crippen LogP contribution in [0.4, 0.5) is 5.69 Å². The van der Waals surface area contributed by atoms with Crippen LogP contribution in [0.2, 0.25) is 5.02 Å². The number of ether oxygens (including phenoxy) is 3. The van der Waals surface area contributed by atoms with Crippen molar-refractivity contribution in [1.82, 2.24) is 0 Å². The van der Waals surface area contributed by atoms with Crippen LogP contribution in [0.25, 0.3) is 0 Å². The number of nitrogens with zero attached hydrogens (tertiary/aromatic N) is 1. The van der Waals surface area contributed by atoms with Gasteiger partial charge in [-0.15, -0.1) is 0 Å². The number of carbonyl (C=O) groups is 2. The van der Waals surface area contributed by atoms with Gasteiger partial charge in [0.25, 0.3) is 5.91 Å². The zero-order valence-electron chi connectivity index (χ0n) is 15.5. The molecule has 1 unspecified atom stereocenters. The van der Waals surface area contributed by atoms with E-state index in [0.29, 0.717) is 29.2 Å². The van der Waals surface area contributed by atoms with E-state index < -0.39 is 18.5 Å². The Morgan fingerprint density at radius 3 is 2.69 bits per heavy atom. The first-order chi connectivity index (χ1) is 14.0. The number of nitrogens with one attached hydrogen (secondary N) is 1. The molecule has 0 saturated carbocycles. The van der Waals surface area contributed by atoms with Crippen molar-refractivity contribution in [3.8, 4) is 11.8 Å². The van der Waals surface area contributed by atoms with Gasteiger partial charge in [-0.3, -0.25) is 4.79 Å². The SMILES string of the molecule is N#Cc1ccc(NC(=O)COC(=O)c2ccc(OCC3CCCO3)cc2)cc1Cl. The number of nitriles is 1. The number of amides is 1. The summed E-state index contributed by atoms with van der Waals surface area (Å²) in [7, 11) is 0. The Kier molecular flexibility index (Phi) is 7.06. The third-order valence-electron chi connectivity index (χ3n) is 4.26. The number of hydrogen-bond acceptors (Lipinski definition) is 6. The van der Waals surface area contributed by atoms with Crippen molar-refractivity contribution in [2.45, 2.75) is 18.9 Å². The van der Waals surface area contributed by atoms with Crippen LogP contribution in [-0.4, -0.2) is 37.8 Å².